The fraction of sp³-hybridized carbons (Fsp3) is 0.583. The lowest BCUT2D eigenvalue weighted by Crippen LogP contribution is -2.33. The number of carboxylic acids is 1. The van der Waals surface area contributed by atoms with Crippen LogP contribution in [0.5, 0.6) is 0 Å². The fourth-order valence-electron chi connectivity index (χ4n) is 1.56. The van der Waals surface area contributed by atoms with Crippen LogP contribution in [0.15, 0.2) is 12.4 Å². The van der Waals surface area contributed by atoms with Gasteiger partial charge in [0.1, 0.15) is 0 Å². The Kier molecular flexibility index (Phi) is 5.50. The first-order chi connectivity index (χ1) is 8.93. The summed E-state index contributed by atoms with van der Waals surface area (Å²) in [5.74, 6) is -1.43. The number of aryl methyl sites for hydroxylation is 1. The highest BCUT2D eigenvalue weighted by Crippen LogP contribution is 2.12. The molecule has 0 saturated heterocycles. The van der Waals surface area contributed by atoms with Crippen LogP contribution in [0.1, 0.15) is 31.4 Å². The molecular formula is C12H19N3O4. The van der Waals surface area contributed by atoms with Gasteiger partial charge in [-0.05, 0) is 13.3 Å². The highest BCUT2D eigenvalue weighted by molar-refractivity contribution is 5.84. The summed E-state index contributed by atoms with van der Waals surface area (Å²) in [5.41, 5.74) is 0.447. The number of amides is 1. The molecule has 0 bridgehead atoms. The molecule has 0 saturated carbocycles. The first-order valence-corrected chi connectivity index (χ1v) is 5.97. The molecule has 0 fully saturated rings. The maximum Gasteiger partial charge on any atom is 0.331 e. The van der Waals surface area contributed by atoms with Gasteiger partial charge >= 0.3 is 5.97 Å². The third kappa shape index (κ3) is 4.70. The summed E-state index contributed by atoms with van der Waals surface area (Å²) in [4.78, 5) is 22.9. The van der Waals surface area contributed by atoms with Crippen LogP contribution in [0.3, 0.4) is 0 Å². The monoisotopic (exact) mass is 269 g/mol. The fourth-order valence-corrected chi connectivity index (χ4v) is 1.56. The molecule has 0 aliphatic rings. The first kappa shape index (κ1) is 15.2. The number of aliphatic carboxylic acids is 1. The zero-order chi connectivity index (χ0) is 14.4. The Bertz CT molecular complexity index is 444. The van der Waals surface area contributed by atoms with Crippen LogP contribution in [-0.4, -0.2) is 40.0 Å². The number of methoxy groups -OCH3 is 1. The molecule has 0 spiro atoms. The van der Waals surface area contributed by atoms with Gasteiger partial charge in [-0.15, -0.1) is 0 Å². The lowest BCUT2D eigenvalue weighted by Gasteiger charge is -2.14. The van der Waals surface area contributed by atoms with E-state index in [1.807, 2.05) is 6.92 Å². The molecule has 106 valence electrons. The number of carbonyl (C=O) groups is 2. The van der Waals surface area contributed by atoms with Crippen LogP contribution in [0.25, 0.3) is 0 Å². The van der Waals surface area contributed by atoms with Crippen molar-refractivity contribution in [2.24, 2.45) is 7.05 Å². The quantitative estimate of drug-likeness (QED) is 0.750. The van der Waals surface area contributed by atoms with E-state index in [2.05, 4.69) is 10.4 Å². The van der Waals surface area contributed by atoms with Gasteiger partial charge in [0.2, 0.25) is 5.91 Å². The molecule has 7 heteroatoms. The standard InChI is InChI=1S/C12H19N3O4/c1-8(19-3)4-5-10(16)14-11(12(17)18)9-6-13-15(2)7-9/h6-8,11H,4-5H2,1-3H3,(H,14,16)(H,17,18). The van der Waals surface area contributed by atoms with Crippen molar-refractivity contribution in [3.05, 3.63) is 18.0 Å². The van der Waals surface area contributed by atoms with Gasteiger partial charge in [-0.25, -0.2) is 4.79 Å². The summed E-state index contributed by atoms with van der Waals surface area (Å²) in [6.45, 7) is 1.85. The van der Waals surface area contributed by atoms with Gasteiger partial charge < -0.3 is 15.2 Å². The maximum atomic E-state index is 11.7. The van der Waals surface area contributed by atoms with Crippen molar-refractivity contribution in [1.29, 1.82) is 0 Å². The summed E-state index contributed by atoms with van der Waals surface area (Å²) in [5, 5.41) is 15.5. The van der Waals surface area contributed by atoms with E-state index in [1.54, 1.807) is 20.4 Å². The van der Waals surface area contributed by atoms with Gasteiger partial charge in [-0.2, -0.15) is 5.10 Å². The largest absolute Gasteiger partial charge is 0.479 e. The Morgan fingerprint density at radius 3 is 2.74 bits per heavy atom. The number of hydrogen-bond acceptors (Lipinski definition) is 4. The molecular weight excluding hydrogens is 250 g/mol. The zero-order valence-electron chi connectivity index (χ0n) is 11.3. The van der Waals surface area contributed by atoms with Gasteiger partial charge in [-0.3, -0.25) is 9.48 Å². The third-order valence-corrected chi connectivity index (χ3v) is 2.79. The molecule has 1 aromatic heterocycles. The van der Waals surface area contributed by atoms with Crippen molar-refractivity contribution < 1.29 is 19.4 Å². The number of ether oxygens (including phenoxy) is 1. The van der Waals surface area contributed by atoms with Crippen LogP contribution in [-0.2, 0) is 21.4 Å². The molecule has 0 aliphatic carbocycles. The molecule has 7 nitrogen and oxygen atoms in total. The van der Waals surface area contributed by atoms with Crippen LogP contribution >= 0.6 is 0 Å². The predicted molar refractivity (Wildman–Crippen MR) is 67.4 cm³/mol. The van der Waals surface area contributed by atoms with E-state index in [0.29, 0.717) is 12.0 Å². The van der Waals surface area contributed by atoms with Crippen molar-refractivity contribution in [2.75, 3.05) is 7.11 Å². The first-order valence-electron chi connectivity index (χ1n) is 5.97. The topological polar surface area (TPSA) is 93.4 Å². The van der Waals surface area contributed by atoms with Crippen molar-refractivity contribution >= 4 is 11.9 Å². The highest BCUT2D eigenvalue weighted by Gasteiger charge is 2.23. The Morgan fingerprint density at radius 1 is 1.58 bits per heavy atom. The van der Waals surface area contributed by atoms with E-state index in [9.17, 15) is 9.59 Å². The number of rotatable bonds is 7. The van der Waals surface area contributed by atoms with E-state index in [0.717, 1.165) is 0 Å². The number of carbonyl (C=O) groups excluding carboxylic acids is 1. The van der Waals surface area contributed by atoms with E-state index in [-0.39, 0.29) is 18.4 Å². The second-order valence-electron chi connectivity index (χ2n) is 4.37. The zero-order valence-corrected chi connectivity index (χ0v) is 11.3. The van der Waals surface area contributed by atoms with Crippen molar-refractivity contribution in [2.45, 2.75) is 31.9 Å². The second-order valence-corrected chi connectivity index (χ2v) is 4.37. The van der Waals surface area contributed by atoms with Gasteiger partial charge in [0.05, 0.1) is 12.3 Å². The summed E-state index contributed by atoms with van der Waals surface area (Å²) >= 11 is 0. The molecule has 1 rings (SSSR count). The summed E-state index contributed by atoms with van der Waals surface area (Å²) < 4.78 is 6.52. The molecule has 1 amide bonds. The lowest BCUT2D eigenvalue weighted by atomic mass is 10.1. The molecule has 0 radical (unpaired) electrons. The average molecular weight is 269 g/mol. The maximum absolute atomic E-state index is 11.7. The molecule has 19 heavy (non-hydrogen) atoms. The number of carboxylic acid groups (broad SMARTS) is 1. The number of nitrogens with one attached hydrogen (secondary N) is 1. The Balaban J connectivity index is 2.60. The van der Waals surface area contributed by atoms with Gasteiger partial charge in [-0.1, -0.05) is 0 Å². The Labute approximate surface area is 111 Å². The third-order valence-electron chi connectivity index (χ3n) is 2.79. The minimum absolute atomic E-state index is 0.0348. The minimum atomic E-state index is -1.11. The van der Waals surface area contributed by atoms with Crippen LogP contribution < -0.4 is 5.32 Å². The van der Waals surface area contributed by atoms with E-state index in [1.165, 1.54) is 10.9 Å². The Hall–Kier alpha value is -1.89. The van der Waals surface area contributed by atoms with Gasteiger partial charge in [0.25, 0.3) is 0 Å². The van der Waals surface area contributed by atoms with E-state index >= 15 is 0 Å². The van der Waals surface area contributed by atoms with Crippen molar-refractivity contribution in [1.82, 2.24) is 15.1 Å². The van der Waals surface area contributed by atoms with Gasteiger partial charge in [0, 0.05) is 32.3 Å². The molecule has 1 aromatic rings. The van der Waals surface area contributed by atoms with Crippen molar-refractivity contribution in [3.63, 3.8) is 0 Å². The number of hydrogen-bond donors (Lipinski definition) is 2. The normalized spacial score (nSPS) is 13.8. The molecule has 2 atom stereocenters. The summed E-state index contributed by atoms with van der Waals surface area (Å²) in [7, 11) is 3.25. The molecule has 2 N–H and O–H groups in total. The second kappa shape index (κ2) is 6.89. The summed E-state index contributed by atoms with van der Waals surface area (Å²) in [6.07, 6.45) is 3.72. The average Bonchev–Trinajstić information content (AvgIpc) is 2.78. The van der Waals surface area contributed by atoms with Crippen LogP contribution in [0, 0.1) is 0 Å². The number of nitrogens with zero attached hydrogens (tertiary/aromatic N) is 2. The molecule has 2 unspecified atom stereocenters. The van der Waals surface area contributed by atoms with Crippen LogP contribution in [0.2, 0.25) is 0 Å². The van der Waals surface area contributed by atoms with Crippen LogP contribution in [0.4, 0.5) is 0 Å². The molecule has 0 aliphatic heterocycles. The van der Waals surface area contributed by atoms with Gasteiger partial charge in [0.15, 0.2) is 6.04 Å². The lowest BCUT2D eigenvalue weighted by molar-refractivity contribution is -0.142. The Morgan fingerprint density at radius 2 is 2.26 bits per heavy atom. The predicted octanol–water partition coefficient (Wildman–Crippen LogP) is 0.477. The van der Waals surface area contributed by atoms with E-state index < -0.39 is 12.0 Å². The number of aromatic nitrogens is 2. The van der Waals surface area contributed by atoms with Crippen molar-refractivity contribution in [3.8, 4) is 0 Å². The minimum Gasteiger partial charge on any atom is -0.479 e. The molecule has 1 heterocycles. The molecule has 0 aromatic carbocycles. The highest BCUT2D eigenvalue weighted by atomic mass is 16.5. The smallest absolute Gasteiger partial charge is 0.331 e. The summed E-state index contributed by atoms with van der Waals surface area (Å²) in [6, 6.07) is -1.07. The SMILES string of the molecule is COC(C)CCC(=O)NC(C(=O)O)c1cnn(C)c1. The van der Waals surface area contributed by atoms with E-state index in [4.69, 9.17) is 9.84 Å².